The van der Waals surface area contributed by atoms with Crippen LogP contribution in [0, 0.1) is 5.92 Å². The second-order valence-electron chi connectivity index (χ2n) is 5.54. The van der Waals surface area contributed by atoms with Gasteiger partial charge >= 0.3 is 0 Å². The highest BCUT2D eigenvalue weighted by Gasteiger charge is 2.11. The molecule has 0 fully saturated rings. The molecule has 1 N–H and O–H groups in total. The zero-order valence-corrected chi connectivity index (χ0v) is 14.1. The molecular weight excluding hydrogens is 330 g/mol. The van der Waals surface area contributed by atoms with E-state index in [0.717, 1.165) is 15.2 Å². The molecule has 1 atom stereocenters. The molecule has 0 saturated carbocycles. The van der Waals surface area contributed by atoms with Crippen molar-refractivity contribution in [3.63, 3.8) is 0 Å². The second kappa shape index (κ2) is 6.94. The lowest BCUT2D eigenvalue weighted by atomic mass is 10.1. The van der Waals surface area contributed by atoms with Gasteiger partial charge in [-0.15, -0.1) is 0 Å². The standard InChI is InChI=1S/C17H20BrNO2/c1-11(2)12(3)19-17(20)10-21-16-7-5-13-8-15(18)6-4-14(13)9-16/h4-9,11-12H,10H2,1-3H3,(H,19,20)/t12-/m0/s1. The molecule has 2 rings (SSSR count). The van der Waals surface area contributed by atoms with Crippen molar-refractivity contribution in [1.29, 1.82) is 0 Å². The molecule has 2 aromatic carbocycles. The van der Waals surface area contributed by atoms with Gasteiger partial charge < -0.3 is 10.1 Å². The summed E-state index contributed by atoms with van der Waals surface area (Å²) in [5, 5.41) is 5.15. The van der Waals surface area contributed by atoms with Crippen LogP contribution in [0.5, 0.6) is 5.75 Å². The molecule has 0 aliphatic rings. The van der Waals surface area contributed by atoms with Gasteiger partial charge in [-0.1, -0.05) is 41.9 Å². The first kappa shape index (κ1) is 15.8. The lowest BCUT2D eigenvalue weighted by Gasteiger charge is -2.17. The van der Waals surface area contributed by atoms with Crippen LogP contribution in [0.25, 0.3) is 10.8 Å². The predicted octanol–water partition coefficient (Wildman–Crippen LogP) is 4.14. The average Bonchev–Trinajstić information content (AvgIpc) is 2.44. The first-order valence-electron chi connectivity index (χ1n) is 7.07. The molecule has 3 nitrogen and oxygen atoms in total. The van der Waals surface area contributed by atoms with E-state index in [9.17, 15) is 4.79 Å². The topological polar surface area (TPSA) is 38.3 Å². The number of fused-ring (bicyclic) bond motifs is 1. The molecule has 1 amide bonds. The van der Waals surface area contributed by atoms with Crippen molar-refractivity contribution in [2.45, 2.75) is 26.8 Å². The Bertz CT molecular complexity index is 640. The molecule has 21 heavy (non-hydrogen) atoms. The molecule has 0 unspecified atom stereocenters. The highest BCUT2D eigenvalue weighted by molar-refractivity contribution is 9.10. The Hall–Kier alpha value is -1.55. The van der Waals surface area contributed by atoms with E-state index in [-0.39, 0.29) is 18.6 Å². The van der Waals surface area contributed by atoms with E-state index >= 15 is 0 Å². The van der Waals surface area contributed by atoms with Gasteiger partial charge in [0.1, 0.15) is 5.75 Å². The SMILES string of the molecule is CC(C)[C@H](C)NC(=O)COc1ccc2cc(Br)ccc2c1. The van der Waals surface area contributed by atoms with Gasteiger partial charge in [0.05, 0.1) is 0 Å². The summed E-state index contributed by atoms with van der Waals surface area (Å²) in [5.41, 5.74) is 0. The maximum Gasteiger partial charge on any atom is 0.258 e. The van der Waals surface area contributed by atoms with Crippen LogP contribution in [-0.4, -0.2) is 18.6 Å². The molecule has 0 aliphatic heterocycles. The fraction of sp³-hybridized carbons (Fsp3) is 0.353. The van der Waals surface area contributed by atoms with Crippen LogP contribution in [0.15, 0.2) is 40.9 Å². The van der Waals surface area contributed by atoms with E-state index in [0.29, 0.717) is 11.7 Å². The van der Waals surface area contributed by atoms with Crippen LogP contribution in [0.2, 0.25) is 0 Å². The van der Waals surface area contributed by atoms with Gasteiger partial charge in [0.25, 0.3) is 5.91 Å². The number of halogens is 1. The maximum atomic E-state index is 11.8. The smallest absolute Gasteiger partial charge is 0.258 e. The quantitative estimate of drug-likeness (QED) is 0.880. The lowest BCUT2D eigenvalue weighted by Crippen LogP contribution is -2.38. The number of hydrogen-bond acceptors (Lipinski definition) is 2. The van der Waals surface area contributed by atoms with E-state index in [4.69, 9.17) is 4.74 Å². The van der Waals surface area contributed by atoms with Crippen molar-refractivity contribution < 1.29 is 9.53 Å². The summed E-state index contributed by atoms with van der Waals surface area (Å²) in [6.45, 7) is 6.19. The van der Waals surface area contributed by atoms with Gasteiger partial charge in [-0.25, -0.2) is 0 Å². The third kappa shape index (κ3) is 4.46. The number of carbonyl (C=O) groups is 1. The van der Waals surface area contributed by atoms with E-state index in [1.807, 2.05) is 37.3 Å². The Labute approximate surface area is 133 Å². The number of benzene rings is 2. The summed E-state index contributed by atoms with van der Waals surface area (Å²) >= 11 is 3.45. The number of carbonyl (C=O) groups excluding carboxylic acids is 1. The van der Waals surface area contributed by atoms with Gasteiger partial charge in [0, 0.05) is 10.5 Å². The zero-order chi connectivity index (χ0) is 15.4. The first-order chi connectivity index (χ1) is 9.95. The van der Waals surface area contributed by atoms with E-state index in [1.54, 1.807) is 0 Å². The van der Waals surface area contributed by atoms with Crippen LogP contribution in [-0.2, 0) is 4.79 Å². The molecule has 0 spiro atoms. The molecule has 2 aromatic rings. The molecule has 0 bridgehead atoms. The van der Waals surface area contributed by atoms with Crippen LogP contribution in [0.4, 0.5) is 0 Å². The van der Waals surface area contributed by atoms with Crippen molar-refractivity contribution in [3.8, 4) is 5.75 Å². The number of hydrogen-bond donors (Lipinski definition) is 1. The van der Waals surface area contributed by atoms with Crippen LogP contribution in [0.1, 0.15) is 20.8 Å². The Morgan fingerprint density at radius 3 is 2.52 bits per heavy atom. The molecule has 0 aliphatic carbocycles. The third-order valence-corrected chi connectivity index (χ3v) is 4.03. The molecule has 0 saturated heterocycles. The average molecular weight is 350 g/mol. The van der Waals surface area contributed by atoms with Crippen molar-refractivity contribution >= 4 is 32.6 Å². The van der Waals surface area contributed by atoms with Crippen molar-refractivity contribution in [1.82, 2.24) is 5.32 Å². The van der Waals surface area contributed by atoms with Crippen LogP contribution >= 0.6 is 15.9 Å². The van der Waals surface area contributed by atoms with Crippen LogP contribution < -0.4 is 10.1 Å². The minimum Gasteiger partial charge on any atom is -0.484 e. The zero-order valence-electron chi connectivity index (χ0n) is 12.5. The summed E-state index contributed by atoms with van der Waals surface area (Å²) in [4.78, 5) is 11.8. The highest BCUT2D eigenvalue weighted by Crippen LogP contribution is 2.24. The molecule has 112 valence electrons. The summed E-state index contributed by atoms with van der Waals surface area (Å²) in [5.74, 6) is 1.03. The van der Waals surface area contributed by atoms with Crippen molar-refractivity contribution in [2.24, 2.45) is 5.92 Å². The summed E-state index contributed by atoms with van der Waals surface area (Å²) < 4.78 is 6.61. The lowest BCUT2D eigenvalue weighted by molar-refractivity contribution is -0.124. The van der Waals surface area contributed by atoms with Crippen LogP contribution in [0.3, 0.4) is 0 Å². The summed E-state index contributed by atoms with van der Waals surface area (Å²) in [6, 6.07) is 12.0. The Morgan fingerprint density at radius 1 is 1.14 bits per heavy atom. The van der Waals surface area contributed by atoms with Gasteiger partial charge in [-0.3, -0.25) is 4.79 Å². The molecule has 4 heteroatoms. The number of rotatable bonds is 5. The number of amides is 1. The fourth-order valence-corrected chi connectivity index (χ4v) is 2.27. The molecule has 0 aromatic heterocycles. The molecule has 0 radical (unpaired) electrons. The predicted molar refractivity (Wildman–Crippen MR) is 89.6 cm³/mol. The monoisotopic (exact) mass is 349 g/mol. The molecular formula is C17H20BrNO2. The summed E-state index contributed by atoms with van der Waals surface area (Å²) in [7, 11) is 0. The number of ether oxygens (including phenoxy) is 1. The van der Waals surface area contributed by atoms with E-state index < -0.39 is 0 Å². The Kier molecular flexibility index (Phi) is 5.23. The van der Waals surface area contributed by atoms with E-state index in [2.05, 4.69) is 41.2 Å². The van der Waals surface area contributed by atoms with Crippen molar-refractivity contribution in [2.75, 3.05) is 6.61 Å². The maximum absolute atomic E-state index is 11.8. The Morgan fingerprint density at radius 2 is 1.81 bits per heavy atom. The minimum atomic E-state index is -0.0906. The van der Waals surface area contributed by atoms with Crippen molar-refractivity contribution in [3.05, 3.63) is 40.9 Å². The van der Waals surface area contributed by atoms with Gasteiger partial charge in [-0.05, 0) is 47.9 Å². The van der Waals surface area contributed by atoms with Gasteiger partial charge in [-0.2, -0.15) is 0 Å². The normalized spacial score (nSPS) is 12.4. The number of nitrogens with one attached hydrogen (secondary N) is 1. The highest BCUT2D eigenvalue weighted by atomic mass is 79.9. The Balaban J connectivity index is 1.97. The fourth-order valence-electron chi connectivity index (χ4n) is 1.90. The third-order valence-electron chi connectivity index (χ3n) is 3.53. The largest absolute Gasteiger partial charge is 0.484 e. The second-order valence-corrected chi connectivity index (χ2v) is 6.46. The van der Waals surface area contributed by atoms with E-state index in [1.165, 1.54) is 0 Å². The summed E-state index contributed by atoms with van der Waals surface area (Å²) in [6.07, 6.45) is 0. The van der Waals surface area contributed by atoms with Gasteiger partial charge in [0.2, 0.25) is 0 Å². The minimum absolute atomic E-state index is 0.0408. The van der Waals surface area contributed by atoms with Gasteiger partial charge in [0.15, 0.2) is 6.61 Å². The molecule has 0 heterocycles. The first-order valence-corrected chi connectivity index (χ1v) is 7.86.